The van der Waals surface area contributed by atoms with E-state index in [0.29, 0.717) is 0 Å². The first-order valence-electron chi connectivity index (χ1n) is 3.15. The number of aliphatic carboxylic acids is 1. The molecule has 0 aromatic rings. The molecule has 5 nitrogen and oxygen atoms in total. The summed E-state index contributed by atoms with van der Waals surface area (Å²) in [4.78, 5) is 10.4. The first-order chi connectivity index (χ1) is 4.95. The molecular weight excluding hydrogens is 206 g/mol. The van der Waals surface area contributed by atoms with Gasteiger partial charge in [-0.1, -0.05) is 0 Å². The number of carbonyl (C=O) groups is 1. The van der Waals surface area contributed by atoms with Crippen LogP contribution < -0.4 is 5.73 Å². The van der Waals surface area contributed by atoms with Crippen LogP contribution >= 0.6 is 12.4 Å². The van der Waals surface area contributed by atoms with Crippen LogP contribution in [0.15, 0.2) is 0 Å². The van der Waals surface area contributed by atoms with Gasteiger partial charge in [-0.05, 0) is 6.42 Å². The highest BCUT2D eigenvalue weighted by Crippen LogP contribution is 2.18. The van der Waals surface area contributed by atoms with Crippen LogP contribution in [0.4, 0.5) is 0 Å². The van der Waals surface area contributed by atoms with Crippen molar-refractivity contribution in [2.75, 3.05) is 5.75 Å². The molecule has 12 heavy (non-hydrogen) atoms. The Labute approximate surface area is 76.3 Å². The molecule has 0 radical (unpaired) electrons. The van der Waals surface area contributed by atoms with Gasteiger partial charge in [0.25, 0.3) is 0 Å². The molecule has 0 aliphatic carbocycles. The average molecular weight is 216 g/mol. The summed E-state index contributed by atoms with van der Waals surface area (Å²) in [6, 6.07) is -0.738. The number of rotatable bonds is 1. The highest BCUT2D eigenvalue weighted by Gasteiger charge is 2.43. The summed E-state index contributed by atoms with van der Waals surface area (Å²) in [7, 11) is -3.46. The van der Waals surface area contributed by atoms with Crippen LogP contribution in [0.1, 0.15) is 6.42 Å². The number of nitrogens with two attached hydrogens (primary N) is 1. The smallest absolute Gasteiger partial charge is 0.323 e. The van der Waals surface area contributed by atoms with Crippen molar-refractivity contribution in [2.45, 2.75) is 17.7 Å². The van der Waals surface area contributed by atoms with Crippen LogP contribution in [0.25, 0.3) is 0 Å². The van der Waals surface area contributed by atoms with Crippen LogP contribution in [-0.4, -0.2) is 36.5 Å². The van der Waals surface area contributed by atoms with Crippen LogP contribution in [-0.2, 0) is 14.6 Å². The van der Waals surface area contributed by atoms with Gasteiger partial charge in [-0.15, -0.1) is 12.4 Å². The number of carboxylic acids is 1. The number of carboxylic acid groups (broad SMARTS) is 1. The third-order valence-electron chi connectivity index (χ3n) is 1.75. The van der Waals surface area contributed by atoms with Crippen LogP contribution in [0.5, 0.6) is 0 Å². The van der Waals surface area contributed by atoms with Gasteiger partial charge in [0.1, 0.15) is 0 Å². The minimum absolute atomic E-state index is 0. The molecule has 1 heterocycles. The molecule has 7 heteroatoms. The Morgan fingerprint density at radius 2 is 2.00 bits per heavy atom. The lowest BCUT2D eigenvalue weighted by Gasteiger charge is -2.07. The quantitative estimate of drug-likeness (QED) is 0.585. The van der Waals surface area contributed by atoms with Crippen LogP contribution in [0.2, 0.25) is 0 Å². The summed E-state index contributed by atoms with van der Waals surface area (Å²) in [5, 5.41) is 7.07. The van der Waals surface area contributed by atoms with E-state index in [1.54, 1.807) is 0 Å². The Balaban J connectivity index is 0.00000121. The predicted octanol–water partition coefficient (Wildman–Crippen LogP) is -0.993. The maximum Gasteiger partial charge on any atom is 0.323 e. The lowest BCUT2D eigenvalue weighted by molar-refractivity contribution is -0.136. The molecule has 0 saturated carbocycles. The topological polar surface area (TPSA) is 97.5 Å². The Kier molecular flexibility index (Phi) is 3.49. The van der Waals surface area contributed by atoms with Gasteiger partial charge in [-0.25, -0.2) is 8.42 Å². The maximum absolute atomic E-state index is 11.0. The minimum atomic E-state index is -3.46. The second-order valence-electron chi connectivity index (χ2n) is 2.58. The molecule has 0 spiro atoms. The van der Waals surface area contributed by atoms with E-state index in [-0.39, 0.29) is 24.6 Å². The Bertz CT molecular complexity index is 275. The van der Waals surface area contributed by atoms with E-state index >= 15 is 0 Å². The molecule has 3 N–H and O–H groups in total. The molecule has 0 aromatic heterocycles. The number of halogens is 1. The van der Waals surface area contributed by atoms with Gasteiger partial charge in [0.05, 0.1) is 5.75 Å². The summed E-state index contributed by atoms with van der Waals surface area (Å²) in [6.45, 7) is 0. The highest BCUT2D eigenvalue weighted by atomic mass is 35.5. The van der Waals surface area contributed by atoms with Crippen molar-refractivity contribution in [3.63, 3.8) is 0 Å². The molecule has 1 aliphatic heterocycles. The zero-order valence-electron chi connectivity index (χ0n) is 6.13. The lowest BCUT2D eigenvalue weighted by atomic mass is 10.2. The molecule has 0 bridgehead atoms. The molecule has 2 atom stereocenters. The van der Waals surface area contributed by atoms with Crippen molar-refractivity contribution in [3.8, 4) is 0 Å². The van der Waals surface area contributed by atoms with E-state index in [2.05, 4.69) is 0 Å². The largest absolute Gasteiger partial charge is 0.480 e. The zero-order valence-corrected chi connectivity index (χ0v) is 7.77. The van der Waals surface area contributed by atoms with Crippen molar-refractivity contribution in [3.05, 3.63) is 0 Å². The van der Waals surface area contributed by atoms with Crippen molar-refractivity contribution < 1.29 is 18.3 Å². The molecule has 0 aromatic carbocycles. The maximum atomic E-state index is 11.0. The molecule has 1 fully saturated rings. The Hall–Kier alpha value is -0.330. The van der Waals surface area contributed by atoms with Gasteiger partial charge in [-0.3, -0.25) is 4.79 Å². The molecule has 1 aliphatic rings. The van der Waals surface area contributed by atoms with Crippen molar-refractivity contribution in [1.82, 2.24) is 0 Å². The molecule has 1 rings (SSSR count). The second kappa shape index (κ2) is 3.59. The van der Waals surface area contributed by atoms with Gasteiger partial charge in [-0.2, -0.15) is 0 Å². The van der Waals surface area contributed by atoms with Gasteiger partial charge in [0.2, 0.25) is 0 Å². The fraction of sp³-hybridized carbons (Fsp3) is 0.800. The van der Waals surface area contributed by atoms with Gasteiger partial charge in [0, 0.05) is 6.04 Å². The normalized spacial score (nSPS) is 32.4. The van der Waals surface area contributed by atoms with Crippen molar-refractivity contribution in [1.29, 1.82) is 0 Å². The second-order valence-corrected chi connectivity index (χ2v) is 4.82. The molecule has 1 saturated heterocycles. The van der Waals surface area contributed by atoms with Gasteiger partial charge < -0.3 is 10.8 Å². The van der Waals surface area contributed by atoms with E-state index in [4.69, 9.17) is 10.8 Å². The van der Waals surface area contributed by atoms with Gasteiger partial charge >= 0.3 is 5.97 Å². The molecule has 2 unspecified atom stereocenters. The van der Waals surface area contributed by atoms with E-state index in [1.807, 2.05) is 0 Å². The first-order valence-corrected chi connectivity index (χ1v) is 4.86. The summed E-state index contributed by atoms with van der Waals surface area (Å²) >= 11 is 0. The third-order valence-corrected chi connectivity index (χ3v) is 3.88. The minimum Gasteiger partial charge on any atom is -0.480 e. The standard InChI is InChI=1S/C5H9NO4S.ClH/c6-3-1-2-11(9,10)4(3)5(7)8;/h3-4H,1-2,6H2,(H,7,8);1H. The van der Waals surface area contributed by atoms with Crippen molar-refractivity contribution >= 4 is 28.2 Å². The van der Waals surface area contributed by atoms with E-state index in [1.165, 1.54) is 0 Å². The number of hydrogen-bond donors (Lipinski definition) is 2. The fourth-order valence-corrected chi connectivity index (χ4v) is 3.01. The molecular formula is C5H10ClNO4S. The average Bonchev–Trinajstić information content (AvgIpc) is 2.06. The lowest BCUT2D eigenvalue weighted by Crippen LogP contribution is -2.39. The SMILES string of the molecule is Cl.NC1CCS(=O)(=O)C1C(=O)O. The monoisotopic (exact) mass is 215 g/mol. The third kappa shape index (κ3) is 1.88. The summed E-state index contributed by atoms with van der Waals surface area (Å²) in [6.07, 6.45) is 0.249. The summed E-state index contributed by atoms with van der Waals surface area (Å²) < 4.78 is 21.9. The van der Waals surface area contributed by atoms with Crippen LogP contribution in [0, 0.1) is 0 Å². The van der Waals surface area contributed by atoms with Crippen molar-refractivity contribution in [2.24, 2.45) is 5.73 Å². The fourth-order valence-electron chi connectivity index (χ4n) is 1.18. The van der Waals surface area contributed by atoms with E-state index in [0.717, 1.165) is 0 Å². The highest BCUT2D eigenvalue weighted by molar-refractivity contribution is 7.93. The summed E-state index contributed by atoms with van der Waals surface area (Å²) in [5.74, 6) is -1.44. The van der Waals surface area contributed by atoms with E-state index < -0.39 is 27.1 Å². The number of hydrogen-bond acceptors (Lipinski definition) is 4. The Morgan fingerprint density at radius 1 is 1.50 bits per heavy atom. The van der Waals surface area contributed by atoms with E-state index in [9.17, 15) is 13.2 Å². The summed E-state index contributed by atoms with van der Waals surface area (Å²) in [5.41, 5.74) is 5.30. The zero-order chi connectivity index (χ0) is 8.65. The Morgan fingerprint density at radius 3 is 2.17 bits per heavy atom. The van der Waals surface area contributed by atoms with Gasteiger partial charge in [0.15, 0.2) is 15.1 Å². The molecule has 0 amide bonds. The molecule has 72 valence electrons. The number of sulfone groups is 1. The first kappa shape index (κ1) is 11.7. The predicted molar refractivity (Wildman–Crippen MR) is 45.1 cm³/mol. The van der Waals surface area contributed by atoms with Crippen LogP contribution in [0.3, 0.4) is 0 Å².